The minimum atomic E-state index is -0.543. The number of rotatable bonds is 2. The first kappa shape index (κ1) is 12.3. The zero-order valence-electron chi connectivity index (χ0n) is 9.44. The third-order valence-electron chi connectivity index (χ3n) is 2.34. The highest BCUT2D eigenvalue weighted by Crippen LogP contribution is 2.32. The Kier molecular flexibility index (Phi) is 3.40. The molecule has 1 aromatic carbocycles. The highest BCUT2D eigenvalue weighted by atomic mass is 32.1. The first-order valence-corrected chi connectivity index (χ1v) is 5.83. The number of methoxy groups -OCH3 is 1. The van der Waals surface area contributed by atoms with Gasteiger partial charge in [0.15, 0.2) is 0 Å². The van der Waals surface area contributed by atoms with Gasteiger partial charge in [-0.1, -0.05) is 6.07 Å². The van der Waals surface area contributed by atoms with E-state index in [1.54, 1.807) is 18.2 Å². The van der Waals surface area contributed by atoms with E-state index >= 15 is 0 Å². The summed E-state index contributed by atoms with van der Waals surface area (Å²) in [6, 6.07) is 7.69. The Morgan fingerprint density at radius 2 is 2.17 bits per heavy atom. The molecule has 0 N–H and O–H groups in total. The van der Waals surface area contributed by atoms with E-state index < -0.39 is 11.8 Å². The summed E-state index contributed by atoms with van der Waals surface area (Å²) in [4.78, 5) is 15.7. The van der Waals surface area contributed by atoms with Crippen LogP contribution in [0.15, 0.2) is 30.3 Å². The Hall–Kier alpha value is -2.19. The molecule has 0 bridgehead atoms. The van der Waals surface area contributed by atoms with Gasteiger partial charge in [-0.3, -0.25) is 0 Å². The number of halogens is 1. The maximum absolute atomic E-state index is 13.2. The molecule has 2 aromatic rings. The average Bonchev–Trinajstić information content (AvgIpc) is 2.88. The van der Waals surface area contributed by atoms with Gasteiger partial charge in [-0.15, -0.1) is 11.3 Å². The molecule has 1 heterocycles. The highest BCUT2D eigenvalue weighted by Gasteiger charge is 2.11. The van der Waals surface area contributed by atoms with Crippen molar-refractivity contribution in [3.05, 3.63) is 52.4 Å². The van der Waals surface area contributed by atoms with Crippen LogP contribution >= 0.6 is 11.3 Å². The van der Waals surface area contributed by atoms with Crippen molar-refractivity contribution >= 4 is 23.0 Å². The molecule has 0 unspecified atom stereocenters. The molecule has 2 rings (SSSR count). The molecular weight excluding hydrogens is 253 g/mol. The lowest BCUT2D eigenvalue weighted by Crippen LogP contribution is -1.96. The Labute approximate surface area is 107 Å². The molecule has 0 atom stereocenters. The summed E-state index contributed by atoms with van der Waals surface area (Å²) in [7, 11) is 1.32. The number of benzene rings is 1. The van der Waals surface area contributed by atoms with E-state index in [4.69, 9.17) is 6.57 Å². The predicted molar refractivity (Wildman–Crippen MR) is 67.3 cm³/mol. The van der Waals surface area contributed by atoms with E-state index in [1.165, 1.54) is 30.6 Å². The molecule has 0 fully saturated rings. The average molecular weight is 261 g/mol. The fourth-order valence-electron chi connectivity index (χ4n) is 1.45. The van der Waals surface area contributed by atoms with Gasteiger partial charge in [-0.05, 0) is 29.8 Å². The van der Waals surface area contributed by atoms with Crippen molar-refractivity contribution in [2.24, 2.45) is 0 Å². The number of hydrogen-bond acceptors (Lipinski definition) is 3. The zero-order chi connectivity index (χ0) is 13.1. The van der Waals surface area contributed by atoms with Gasteiger partial charge in [-0.25, -0.2) is 14.0 Å². The molecule has 0 amide bonds. The van der Waals surface area contributed by atoms with Gasteiger partial charge in [0.1, 0.15) is 10.7 Å². The van der Waals surface area contributed by atoms with Crippen LogP contribution in [0.2, 0.25) is 0 Å². The van der Waals surface area contributed by atoms with Crippen LogP contribution in [0.5, 0.6) is 0 Å². The predicted octanol–water partition coefficient (Wildman–Crippen LogP) is 3.89. The first-order valence-electron chi connectivity index (χ1n) is 5.01. The van der Waals surface area contributed by atoms with Crippen LogP contribution in [-0.2, 0) is 4.74 Å². The number of esters is 1. The third kappa shape index (κ3) is 2.24. The Morgan fingerprint density at radius 3 is 2.83 bits per heavy atom. The maximum atomic E-state index is 13.2. The second-order valence-electron chi connectivity index (χ2n) is 3.43. The SMILES string of the molecule is [C-]#[N+]c1cc(-c2ccc(C(=O)OC)s2)ccc1F. The number of thiophene rings is 1. The summed E-state index contributed by atoms with van der Waals surface area (Å²) < 4.78 is 17.8. The summed E-state index contributed by atoms with van der Waals surface area (Å²) >= 11 is 1.24. The minimum absolute atomic E-state index is 0.0273. The summed E-state index contributed by atoms with van der Waals surface area (Å²) in [5.41, 5.74) is 0.683. The smallest absolute Gasteiger partial charge is 0.348 e. The van der Waals surface area contributed by atoms with Gasteiger partial charge < -0.3 is 4.74 Å². The summed E-state index contributed by atoms with van der Waals surface area (Å²) in [6.07, 6.45) is 0. The van der Waals surface area contributed by atoms with Crippen molar-refractivity contribution in [1.82, 2.24) is 0 Å². The van der Waals surface area contributed by atoms with E-state index in [0.717, 1.165) is 4.88 Å². The Balaban J connectivity index is 2.41. The summed E-state index contributed by atoms with van der Waals surface area (Å²) in [5, 5.41) is 0. The fourth-order valence-corrected chi connectivity index (χ4v) is 2.38. The normalized spacial score (nSPS) is 9.83. The van der Waals surface area contributed by atoms with Gasteiger partial charge in [0, 0.05) is 4.88 Å². The minimum Gasteiger partial charge on any atom is -0.465 e. The Morgan fingerprint density at radius 1 is 1.39 bits per heavy atom. The quantitative estimate of drug-likeness (QED) is 0.606. The summed E-state index contributed by atoms with van der Waals surface area (Å²) in [6.45, 7) is 6.86. The van der Waals surface area contributed by atoms with E-state index in [-0.39, 0.29) is 5.69 Å². The second kappa shape index (κ2) is 4.98. The maximum Gasteiger partial charge on any atom is 0.348 e. The molecule has 0 radical (unpaired) electrons. The van der Waals surface area contributed by atoms with Gasteiger partial charge >= 0.3 is 5.97 Å². The standard InChI is InChI=1S/C13H8FNO2S/c1-15-10-7-8(3-4-9(10)14)11-5-6-12(18-11)13(16)17-2/h3-7H,2H3. The number of hydrogen-bond donors (Lipinski definition) is 0. The molecule has 18 heavy (non-hydrogen) atoms. The van der Waals surface area contributed by atoms with Crippen LogP contribution in [0.25, 0.3) is 15.3 Å². The molecule has 90 valence electrons. The first-order chi connectivity index (χ1) is 8.65. The van der Waals surface area contributed by atoms with Crippen LogP contribution in [0.4, 0.5) is 10.1 Å². The van der Waals surface area contributed by atoms with Crippen LogP contribution in [0.1, 0.15) is 9.67 Å². The van der Waals surface area contributed by atoms with Crippen molar-refractivity contribution in [2.45, 2.75) is 0 Å². The highest BCUT2D eigenvalue weighted by molar-refractivity contribution is 7.17. The van der Waals surface area contributed by atoms with Crippen LogP contribution in [0.3, 0.4) is 0 Å². The number of nitrogens with zero attached hydrogens (tertiary/aromatic N) is 1. The van der Waals surface area contributed by atoms with Crippen LogP contribution in [0, 0.1) is 12.4 Å². The van der Waals surface area contributed by atoms with E-state index in [2.05, 4.69) is 9.58 Å². The second-order valence-corrected chi connectivity index (χ2v) is 4.52. The fraction of sp³-hybridized carbons (Fsp3) is 0.0769. The van der Waals surface area contributed by atoms with Crippen molar-refractivity contribution in [2.75, 3.05) is 7.11 Å². The van der Waals surface area contributed by atoms with Crippen LogP contribution < -0.4 is 0 Å². The molecule has 0 saturated heterocycles. The monoisotopic (exact) mass is 261 g/mol. The zero-order valence-corrected chi connectivity index (χ0v) is 10.3. The lowest BCUT2D eigenvalue weighted by atomic mass is 10.1. The summed E-state index contributed by atoms with van der Waals surface area (Å²) in [5.74, 6) is -0.947. The largest absolute Gasteiger partial charge is 0.465 e. The number of ether oxygens (including phenoxy) is 1. The molecule has 1 aromatic heterocycles. The van der Waals surface area contributed by atoms with E-state index in [9.17, 15) is 9.18 Å². The molecule has 3 nitrogen and oxygen atoms in total. The topological polar surface area (TPSA) is 30.7 Å². The molecule has 5 heteroatoms. The molecular formula is C13H8FNO2S. The van der Waals surface area contributed by atoms with E-state index in [0.29, 0.717) is 10.4 Å². The molecule has 0 spiro atoms. The van der Waals surface area contributed by atoms with Gasteiger partial charge in [0.25, 0.3) is 0 Å². The molecule has 0 aliphatic heterocycles. The third-order valence-corrected chi connectivity index (χ3v) is 3.46. The van der Waals surface area contributed by atoms with Gasteiger partial charge in [-0.2, -0.15) is 0 Å². The molecule has 0 saturated carbocycles. The lowest BCUT2D eigenvalue weighted by molar-refractivity contribution is 0.0606. The van der Waals surface area contributed by atoms with Crippen LogP contribution in [-0.4, -0.2) is 13.1 Å². The van der Waals surface area contributed by atoms with Crippen molar-refractivity contribution in [1.29, 1.82) is 0 Å². The van der Waals surface area contributed by atoms with Gasteiger partial charge in [0.2, 0.25) is 5.69 Å². The van der Waals surface area contributed by atoms with Crippen molar-refractivity contribution < 1.29 is 13.9 Å². The van der Waals surface area contributed by atoms with Crippen molar-refractivity contribution in [3.63, 3.8) is 0 Å². The molecule has 0 aliphatic carbocycles. The lowest BCUT2D eigenvalue weighted by Gasteiger charge is -1.99. The molecule has 0 aliphatic rings. The number of carbonyl (C=O) groups is 1. The Bertz CT molecular complexity index is 643. The van der Waals surface area contributed by atoms with E-state index in [1.807, 2.05) is 0 Å². The van der Waals surface area contributed by atoms with Crippen molar-refractivity contribution in [3.8, 4) is 10.4 Å². The number of carbonyl (C=O) groups excluding carboxylic acids is 1. The van der Waals surface area contributed by atoms with Gasteiger partial charge in [0.05, 0.1) is 13.7 Å².